The van der Waals surface area contributed by atoms with Gasteiger partial charge in [-0.3, -0.25) is 4.79 Å². The molecule has 154 valence electrons. The smallest absolute Gasteiger partial charge is 0.278 e. The summed E-state index contributed by atoms with van der Waals surface area (Å²) in [6.07, 6.45) is 0. The van der Waals surface area contributed by atoms with Crippen LogP contribution in [0.5, 0.6) is 0 Å². The molecule has 2 heterocycles. The summed E-state index contributed by atoms with van der Waals surface area (Å²) in [5.41, 5.74) is 1.14. The summed E-state index contributed by atoms with van der Waals surface area (Å²) in [5.74, 6) is 1.28. The molecule has 0 aliphatic rings. The highest BCUT2D eigenvalue weighted by atomic mass is 35.5. The van der Waals surface area contributed by atoms with Crippen LogP contribution >= 0.6 is 35.0 Å². The molecule has 0 atom stereocenters. The second-order valence-electron chi connectivity index (χ2n) is 7.12. The fraction of sp³-hybridized carbons (Fsp3) is 0.250. The lowest BCUT2D eigenvalue weighted by molar-refractivity contribution is 0.497. The summed E-state index contributed by atoms with van der Waals surface area (Å²) < 4.78 is 3.33. The average Bonchev–Trinajstić information content (AvgIpc) is 3.09. The molecule has 10 heteroatoms. The molecular formula is C20H18Cl2N6OS. The van der Waals surface area contributed by atoms with Gasteiger partial charge >= 0.3 is 0 Å². The first kappa shape index (κ1) is 20.8. The second kappa shape index (κ2) is 8.75. The van der Waals surface area contributed by atoms with Crippen molar-refractivity contribution >= 4 is 45.9 Å². The van der Waals surface area contributed by atoms with Crippen LogP contribution in [0.3, 0.4) is 0 Å². The summed E-state index contributed by atoms with van der Waals surface area (Å²) >= 11 is 13.8. The van der Waals surface area contributed by atoms with Gasteiger partial charge in [0, 0.05) is 17.1 Å². The zero-order valence-electron chi connectivity index (χ0n) is 16.3. The van der Waals surface area contributed by atoms with Crippen molar-refractivity contribution in [2.24, 2.45) is 5.92 Å². The van der Waals surface area contributed by atoms with Crippen LogP contribution in [0.2, 0.25) is 10.0 Å². The third-order valence-electron chi connectivity index (χ3n) is 4.38. The van der Waals surface area contributed by atoms with E-state index in [0.29, 0.717) is 44.4 Å². The number of aromatic nitrogens is 6. The van der Waals surface area contributed by atoms with Crippen molar-refractivity contribution in [3.63, 3.8) is 0 Å². The fourth-order valence-corrected chi connectivity index (χ4v) is 4.34. The van der Waals surface area contributed by atoms with Gasteiger partial charge in [-0.25, -0.2) is 0 Å². The van der Waals surface area contributed by atoms with Crippen molar-refractivity contribution in [1.29, 1.82) is 0 Å². The highest BCUT2D eigenvalue weighted by molar-refractivity contribution is 7.98. The Hall–Kier alpha value is -2.42. The van der Waals surface area contributed by atoms with Gasteiger partial charge in [-0.1, -0.05) is 66.2 Å². The summed E-state index contributed by atoms with van der Waals surface area (Å²) in [6.45, 7) is 4.92. The van der Waals surface area contributed by atoms with Crippen LogP contribution in [0.15, 0.2) is 52.4 Å². The van der Waals surface area contributed by atoms with E-state index in [1.54, 1.807) is 24.3 Å². The monoisotopic (exact) mass is 460 g/mol. The Morgan fingerprint density at radius 1 is 1.07 bits per heavy atom. The third kappa shape index (κ3) is 4.21. The van der Waals surface area contributed by atoms with E-state index < -0.39 is 0 Å². The minimum atomic E-state index is -0.191. The van der Waals surface area contributed by atoms with Gasteiger partial charge in [-0.15, -0.1) is 15.3 Å². The molecule has 0 saturated carbocycles. The zero-order chi connectivity index (χ0) is 21.3. The summed E-state index contributed by atoms with van der Waals surface area (Å²) in [4.78, 5) is 12.7. The molecule has 0 fully saturated rings. The maximum Gasteiger partial charge on any atom is 0.278 e. The van der Waals surface area contributed by atoms with Crippen molar-refractivity contribution in [2.45, 2.75) is 31.4 Å². The quantitative estimate of drug-likeness (QED) is 0.385. The Kier molecular flexibility index (Phi) is 6.08. The van der Waals surface area contributed by atoms with E-state index in [1.807, 2.05) is 22.8 Å². The Morgan fingerprint density at radius 3 is 2.63 bits per heavy atom. The molecule has 30 heavy (non-hydrogen) atoms. The van der Waals surface area contributed by atoms with E-state index >= 15 is 0 Å². The van der Waals surface area contributed by atoms with Crippen LogP contribution in [0, 0.1) is 5.92 Å². The predicted octanol–water partition coefficient (Wildman–Crippen LogP) is 4.76. The number of hydrogen-bond donors (Lipinski definition) is 0. The molecule has 4 aromatic rings. The van der Waals surface area contributed by atoms with Crippen LogP contribution < -0.4 is 5.56 Å². The highest BCUT2D eigenvalue weighted by Gasteiger charge is 2.18. The Labute approximate surface area is 187 Å². The average molecular weight is 461 g/mol. The number of rotatable bonds is 6. The summed E-state index contributed by atoms with van der Waals surface area (Å²) in [5, 5.41) is 19.1. The SMILES string of the molecule is CC(C)Cn1c(SCn2nnc3ccccc3c2=O)nnc1-c1ccc(Cl)cc1Cl. The van der Waals surface area contributed by atoms with Gasteiger partial charge in [0.15, 0.2) is 11.0 Å². The molecule has 4 rings (SSSR count). The van der Waals surface area contributed by atoms with Crippen molar-refractivity contribution in [2.75, 3.05) is 0 Å². The van der Waals surface area contributed by atoms with E-state index in [2.05, 4.69) is 34.4 Å². The number of thioether (sulfide) groups is 1. The Morgan fingerprint density at radius 2 is 1.87 bits per heavy atom. The van der Waals surface area contributed by atoms with Crippen molar-refractivity contribution in [3.8, 4) is 11.4 Å². The van der Waals surface area contributed by atoms with Crippen LogP contribution in [0.25, 0.3) is 22.3 Å². The molecule has 0 radical (unpaired) electrons. The van der Waals surface area contributed by atoms with E-state index in [1.165, 1.54) is 16.4 Å². The largest absolute Gasteiger partial charge is 0.302 e. The van der Waals surface area contributed by atoms with Gasteiger partial charge in [-0.2, -0.15) is 4.68 Å². The van der Waals surface area contributed by atoms with Gasteiger partial charge in [0.2, 0.25) is 0 Å². The molecule has 0 aliphatic heterocycles. The molecule has 2 aromatic carbocycles. The fourth-order valence-electron chi connectivity index (χ4n) is 3.02. The minimum absolute atomic E-state index is 0.191. The number of nitrogens with zero attached hydrogens (tertiary/aromatic N) is 6. The molecule has 0 saturated heterocycles. The standard InChI is InChI=1S/C20H18Cl2N6OS/c1-12(2)10-27-18(14-8-7-13(21)9-16(14)22)24-25-20(27)30-11-28-19(29)15-5-3-4-6-17(15)23-26-28/h3-9,12H,10-11H2,1-2H3. The number of benzene rings is 2. The lowest BCUT2D eigenvalue weighted by Crippen LogP contribution is -2.23. The van der Waals surface area contributed by atoms with Crippen LogP contribution in [0.4, 0.5) is 0 Å². The lowest BCUT2D eigenvalue weighted by Gasteiger charge is -2.13. The number of hydrogen-bond acceptors (Lipinski definition) is 6. The van der Waals surface area contributed by atoms with Crippen molar-refractivity contribution < 1.29 is 0 Å². The Bertz CT molecular complexity index is 1270. The van der Waals surface area contributed by atoms with Crippen LogP contribution in [-0.2, 0) is 12.4 Å². The van der Waals surface area contributed by atoms with Gasteiger partial charge in [0.25, 0.3) is 5.56 Å². The van der Waals surface area contributed by atoms with Gasteiger partial charge in [0.05, 0.1) is 16.3 Å². The topological polar surface area (TPSA) is 78.5 Å². The predicted molar refractivity (Wildman–Crippen MR) is 120 cm³/mol. The van der Waals surface area contributed by atoms with Crippen LogP contribution in [-0.4, -0.2) is 29.8 Å². The van der Waals surface area contributed by atoms with E-state index in [-0.39, 0.29) is 11.4 Å². The van der Waals surface area contributed by atoms with Gasteiger partial charge in [-0.05, 0) is 36.2 Å². The molecule has 0 N–H and O–H groups in total. The minimum Gasteiger partial charge on any atom is -0.302 e. The third-order valence-corrected chi connectivity index (χ3v) is 5.86. The van der Waals surface area contributed by atoms with Crippen molar-refractivity contribution in [1.82, 2.24) is 29.8 Å². The summed E-state index contributed by atoms with van der Waals surface area (Å²) in [7, 11) is 0. The van der Waals surface area contributed by atoms with E-state index in [9.17, 15) is 4.79 Å². The van der Waals surface area contributed by atoms with Crippen molar-refractivity contribution in [3.05, 3.63) is 62.9 Å². The highest BCUT2D eigenvalue weighted by Crippen LogP contribution is 2.32. The second-order valence-corrected chi connectivity index (χ2v) is 8.88. The molecule has 0 bridgehead atoms. The Balaban J connectivity index is 1.67. The molecule has 0 unspecified atom stereocenters. The molecule has 0 amide bonds. The normalized spacial score (nSPS) is 11.5. The van der Waals surface area contributed by atoms with E-state index in [0.717, 1.165) is 5.56 Å². The number of fused-ring (bicyclic) bond motifs is 1. The van der Waals surface area contributed by atoms with Crippen LogP contribution in [0.1, 0.15) is 13.8 Å². The molecular weight excluding hydrogens is 443 g/mol. The molecule has 2 aromatic heterocycles. The van der Waals surface area contributed by atoms with E-state index in [4.69, 9.17) is 23.2 Å². The molecule has 0 spiro atoms. The maximum absolute atomic E-state index is 12.7. The first-order valence-corrected chi connectivity index (χ1v) is 11.0. The molecule has 7 nitrogen and oxygen atoms in total. The number of halogens is 2. The summed E-state index contributed by atoms with van der Waals surface area (Å²) in [6, 6.07) is 12.4. The first-order valence-electron chi connectivity index (χ1n) is 9.28. The maximum atomic E-state index is 12.7. The molecule has 0 aliphatic carbocycles. The lowest BCUT2D eigenvalue weighted by atomic mass is 10.2. The van der Waals surface area contributed by atoms with Gasteiger partial charge in [0.1, 0.15) is 5.52 Å². The first-order chi connectivity index (χ1) is 14.4. The van der Waals surface area contributed by atoms with Gasteiger partial charge < -0.3 is 4.57 Å². The zero-order valence-corrected chi connectivity index (χ0v) is 18.6.